The molecule has 1 unspecified atom stereocenters. The van der Waals surface area contributed by atoms with Crippen molar-refractivity contribution in [2.75, 3.05) is 18.5 Å². The monoisotopic (exact) mass is 326 g/mol. The van der Waals surface area contributed by atoms with E-state index in [0.717, 1.165) is 30.7 Å². The van der Waals surface area contributed by atoms with E-state index in [-0.39, 0.29) is 12.0 Å². The van der Waals surface area contributed by atoms with Gasteiger partial charge in [0.2, 0.25) is 0 Å². The van der Waals surface area contributed by atoms with Crippen LogP contribution in [-0.4, -0.2) is 35.1 Å². The Bertz CT molecular complexity index is 727. The van der Waals surface area contributed by atoms with Gasteiger partial charge in [-0.3, -0.25) is 4.79 Å². The van der Waals surface area contributed by atoms with E-state index < -0.39 is 0 Å². The maximum atomic E-state index is 12.3. The average molecular weight is 326 g/mol. The molecule has 0 aliphatic carbocycles. The Hall–Kier alpha value is -2.47. The number of carbonyl (C=O) groups is 1. The summed E-state index contributed by atoms with van der Waals surface area (Å²) in [6.07, 6.45) is 2.16. The third kappa shape index (κ3) is 4.29. The number of amides is 1. The van der Waals surface area contributed by atoms with E-state index in [0.29, 0.717) is 23.9 Å². The molecule has 6 heteroatoms. The van der Waals surface area contributed by atoms with Crippen LogP contribution in [0.4, 0.5) is 11.5 Å². The molecule has 0 spiro atoms. The van der Waals surface area contributed by atoms with E-state index in [4.69, 9.17) is 4.74 Å². The Balaban J connectivity index is 1.69. The van der Waals surface area contributed by atoms with Gasteiger partial charge in [-0.25, -0.2) is 9.97 Å². The molecule has 24 heavy (non-hydrogen) atoms. The zero-order valence-corrected chi connectivity index (χ0v) is 14.0. The smallest absolute Gasteiger partial charge is 0.270 e. The first kappa shape index (κ1) is 16.4. The van der Waals surface area contributed by atoms with Gasteiger partial charge in [0.1, 0.15) is 17.3 Å². The second kappa shape index (κ2) is 7.40. The topological polar surface area (TPSA) is 76.1 Å². The molecule has 2 heterocycles. The van der Waals surface area contributed by atoms with Crippen molar-refractivity contribution >= 4 is 17.4 Å². The van der Waals surface area contributed by atoms with Crippen LogP contribution >= 0.6 is 0 Å². The molecule has 1 amide bonds. The number of ether oxygens (including phenoxy) is 1. The molecule has 126 valence electrons. The lowest BCUT2D eigenvalue weighted by Crippen LogP contribution is -2.32. The number of anilines is 2. The number of rotatable bonds is 5. The summed E-state index contributed by atoms with van der Waals surface area (Å²) in [5, 5.41) is 6.11. The highest BCUT2D eigenvalue weighted by Crippen LogP contribution is 2.17. The van der Waals surface area contributed by atoms with E-state index >= 15 is 0 Å². The van der Waals surface area contributed by atoms with Crippen molar-refractivity contribution in [2.45, 2.75) is 32.8 Å². The fourth-order valence-electron chi connectivity index (χ4n) is 2.72. The van der Waals surface area contributed by atoms with Crippen molar-refractivity contribution in [1.29, 1.82) is 0 Å². The van der Waals surface area contributed by atoms with Gasteiger partial charge >= 0.3 is 0 Å². The van der Waals surface area contributed by atoms with Crippen molar-refractivity contribution in [3.63, 3.8) is 0 Å². The zero-order chi connectivity index (χ0) is 16.9. The highest BCUT2D eigenvalue weighted by Gasteiger charge is 2.17. The first-order valence-electron chi connectivity index (χ1n) is 8.19. The molecule has 6 nitrogen and oxygen atoms in total. The van der Waals surface area contributed by atoms with Gasteiger partial charge in [0.15, 0.2) is 0 Å². The number of hydrogen-bond donors (Lipinski definition) is 2. The molecule has 0 radical (unpaired) electrons. The number of benzene rings is 1. The summed E-state index contributed by atoms with van der Waals surface area (Å²) >= 11 is 0. The maximum absolute atomic E-state index is 12.3. The van der Waals surface area contributed by atoms with Crippen LogP contribution in [0.25, 0.3) is 0 Å². The molecular formula is C18H22N4O2. The largest absolute Gasteiger partial charge is 0.376 e. The fourth-order valence-corrected chi connectivity index (χ4v) is 2.72. The molecule has 1 aliphatic heterocycles. The highest BCUT2D eigenvalue weighted by atomic mass is 16.5. The highest BCUT2D eigenvalue weighted by molar-refractivity contribution is 5.93. The first-order valence-corrected chi connectivity index (χ1v) is 8.19. The second-order valence-electron chi connectivity index (χ2n) is 6.03. The Morgan fingerprint density at radius 1 is 1.29 bits per heavy atom. The maximum Gasteiger partial charge on any atom is 0.270 e. The second-order valence-corrected chi connectivity index (χ2v) is 6.03. The summed E-state index contributed by atoms with van der Waals surface area (Å²) in [4.78, 5) is 20.9. The summed E-state index contributed by atoms with van der Waals surface area (Å²) in [7, 11) is 0. The molecule has 1 saturated heterocycles. The van der Waals surface area contributed by atoms with Gasteiger partial charge < -0.3 is 15.4 Å². The minimum Gasteiger partial charge on any atom is -0.376 e. The van der Waals surface area contributed by atoms with E-state index in [2.05, 4.69) is 20.6 Å². The third-order valence-corrected chi connectivity index (χ3v) is 3.88. The van der Waals surface area contributed by atoms with Crippen LogP contribution in [0.3, 0.4) is 0 Å². The molecule has 2 N–H and O–H groups in total. The van der Waals surface area contributed by atoms with Gasteiger partial charge in [-0.2, -0.15) is 0 Å². The average Bonchev–Trinajstić information content (AvgIpc) is 3.05. The summed E-state index contributed by atoms with van der Waals surface area (Å²) in [6.45, 7) is 5.10. The number of hydrogen-bond acceptors (Lipinski definition) is 5. The molecule has 1 aliphatic rings. The number of aryl methyl sites for hydroxylation is 2. The summed E-state index contributed by atoms with van der Waals surface area (Å²) < 4.78 is 5.52. The lowest BCUT2D eigenvalue weighted by Gasteiger charge is -2.12. The van der Waals surface area contributed by atoms with Gasteiger partial charge in [-0.15, -0.1) is 0 Å². The van der Waals surface area contributed by atoms with Gasteiger partial charge in [-0.05, 0) is 44.4 Å². The van der Waals surface area contributed by atoms with Crippen LogP contribution in [0, 0.1) is 13.8 Å². The number of carbonyl (C=O) groups excluding carboxylic acids is 1. The number of nitrogens with one attached hydrogen (secondary N) is 2. The summed E-state index contributed by atoms with van der Waals surface area (Å²) in [6, 6.07) is 9.65. The Morgan fingerprint density at radius 3 is 2.92 bits per heavy atom. The summed E-state index contributed by atoms with van der Waals surface area (Å²) in [5.41, 5.74) is 2.44. The van der Waals surface area contributed by atoms with Crippen molar-refractivity contribution in [3.05, 3.63) is 47.4 Å². The van der Waals surface area contributed by atoms with Gasteiger partial charge in [0, 0.05) is 24.9 Å². The van der Waals surface area contributed by atoms with Crippen molar-refractivity contribution in [2.24, 2.45) is 0 Å². The quantitative estimate of drug-likeness (QED) is 0.883. The molecule has 2 aromatic rings. The van der Waals surface area contributed by atoms with Crippen LogP contribution in [0.15, 0.2) is 30.3 Å². The van der Waals surface area contributed by atoms with Crippen molar-refractivity contribution in [1.82, 2.24) is 15.3 Å². The SMILES string of the molecule is Cc1cccc(Nc2cc(C(=O)NCC3CCCO3)nc(C)n2)c1. The minimum absolute atomic E-state index is 0.113. The third-order valence-electron chi connectivity index (χ3n) is 3.88. The molecule has 0 bridgehead atoms. The molecule has 0 saturated carbocycles. The molecule has 1 atom stereocenters. The molecule has 1 aromatic carbocycles. The number of aromatic nitrogens is 2. The predicted octanol–water partition coefficient (Wildman–Crippen LogP) is 2.75. The number of nitrogens with zero attached hydrogens (tertiary/aromatic N) is 2. The van der Waals surface area contributed by atoms with E-state index in [1.165, 1.54) is 0 Å². The molecule has 3 rings (SSSR count). The Kier molecular flexibility index (Phi) is 5.05. The normalized spacial score (nSPS) is 16.8. The molecular weight excluding hydrogens is 304 g/mol. The Labute approximate surface area is 141 Å². The van der Waals surface area contributed by atoms with Crippen LogP contribution in [0.5, 0.6) is 0 Å². The standard InChI is InChI=1S/C18H22N4O2/c1-12-5-3-6-14(9-12)22-17-10-16(20-13(2)21-17)18(23)19-11-15-7-4-8-24-15/h3,5-6,9-10,15H,4,7-8,11H2,1-2H3,(H,19,23)(H,20,21,22). The van der Waals surface area contributed by atoms with E-state index in [9.17, 15) is 4.79 Å². The molecule has 1 aromatic heterocycles. The van der Waals surface area contributed by atoms with Crippen LogP contribution in [0.2, 0.25) is 0 Å². The van der Waals surface area contributed by atoms with E-state index in [1.54, 1.807) is 13.0 Å². The fraction of sp³-hybridized carbons (Fsp3) is 0.389. The predicted molar refractivity (Wildman–Crippen MR) is 92.5 cm³/mol. The van der Waals surface area contributed by atoms with Crippen molar-refractivity contribution < 1.29 is 9.53 Å². The zero-order valence-electron chi connectivity index (χ0n) is 14.0. The minimum atomic E-state index is -0.205. The van der Waals surface area contributed by atoms with Gasteiger partial charge in [0.25, 0.3) is 5.91 Å². The summed E-state index contributed by atoms with van der Waals surface area (Å²) in [5.74, 6) is 0.952. The van der Waals surface area contributed by atoms with Crippen LogP contribution in [0.1, 0.15) is 34.7 Å². The van der Waals surface area contributed by atoms with Crippen molar-refractivity contribution in [3.8, 4) is 0 Å². The lowest BCUT2D eigenvalue weighted by molar-refractivity contribution is 0.0853. The van der Waals surface area contributed by atoms with Crippen LogP contribution < -0.4 is 10.6 Å². The van der Waals surface area contributed by atoms with Gasteiger partial charge in [-0.1, -0.05) is 12.1 Å². The van der Waals surface area contributed by atoms with Gasteiger partial charge in [0.05, 0.1) is 6.10 Å². The first-order chi connectivity index (χ1) is 11.6. The molecule has 1 fully saturated rings. The Morgan fingerprint density at radius 2 is 2.17 bits per heavy atom. The van der Waals surface area contributed by atoms with Crippen LogP contribution in [-0.2, 0) is 4.74 Å². The lowest BCUT2D eigenvalue weighted by atomic mass is 10.2. The van der Waals surface area contributed by atoms with E-state index in [1.807, 2.05) is 31.2 Å².